The smallest absolute Gasteiger partial charge is 0.296 e. The van der Waals surface area contributed by atoms with Crippen LogP contribution in [0.2, 0.25) is 0 Å². The molecule has 3 aromatic carbocycles. The molecule has 0 saturated carbocycles. The number of rotatable bonds is 4. The van der Waals surface area contributed by atoms with Crippen LogP contribution in [-0.4, -0.2) is 24.0 Å². The summed E-state index contributed by atoms with van der Waals surface area (Å²) in [5.74, 6) is -0.683. The Hall–Kier alpha value is -3.50. The van der Waals surface area contributed by atoms with Crippen molar-refractivity contribution in [3.63, 3.8) is 0 Å². The molecule has 0 atom stereocenters. The minimum absolute atomic E-state index is 0.228. The number of carbonyl (C=O) groups excluding carboxylic acids is 1. The molecule has 0 aromatic heterocycles. The predicted molar refractivity (Wildman–Crippen MR) is 105 cm³/mol. The van der Waals surface area contributed by atoms with Gasteiger partial charge in [-0.25, -0.2) is 0 Å². The van der Waals surface area contributed by atoms with Gasteiger partial charge in [0.2, 0.25) is 5.91 Å². The summed E-state index contributed by atoms with van der Waals surface area (Å²) >= 11 is 0. The van der Waals surface area contributed by atoms with Crippen LogP contribution in [0.4, 0.5) is 22.7 Å². The number of nitrogens with zero attached hydrogens (tertiary/aromatic N) is 2. The largest absolute Gasteiger partial charge is 0.505 e. The highest BCUT2D eigenvalue weighted by Crippen LogP contribution is 2.41. The van der Waals surface area contributed by atoms with E-state index in [4.69, 9.17) is 5.73 Å². The number of hydrogen-bond acceptors (Lipinski definition) is 7. The number of amides is 1. The molecule has 1 amide bonds. The first kappa shape index (κ1) is 19.3. The van der Waals surface area contributed by atoms with Gasteiger partial charge in [-0.05, 0) is 53.9 Å². The maximum Gasteiger partial charge on any atom is 0.296 e. The Bertz CT molecular complexity index is 1200. The standard InChI is InChI=1S/C18H16N4O5S/c1-10(23)20-13-3-5-14(6-4-13)21-22-17-16(28(25,26)27)9-11-8-12(19)2-7-15(11)18(17)24/h2-9,24H,19H2,1H3,(H,20,23)(H,25,26,27). The number of nitrogen functional groups attached to an aromatic ring is 1. The van der Waals surface area contributed by atoms with Crippen LogP contribution in [0.5, 0.6) is 5.75 Å². The van der Waals surface area contributed by atoms with Crippen LogP contribution in [0, 0.1) is 0 Å². The third kappa shape index (κ3) is 4.08. The summed E-state index contributed by atoms with van der Waals surface area (Å²) in [6.45, 7) is 1.38. The van der Waals surface area contributed by atoms with E-state index in [0.29, 0.717) is 27.8 Å². The lowest BCUT2D eigenvalue weighted by Crippen LogP contribution is -2.04. The molecule has 0 unspecified atom stereocenters. The summed E-state index contributed by atoms with van der Waals surface area (Å²) in [7, 11) is -4.69. The number of benzene rings is 3. The number of azo groups is 1. The molecule has 3 rings (SSSR count). The summed E-state index contributed by atoms with van der Waals surface area (Å²) in [6, 6.07) is 11.9. The van der Waals surface area contributed by atoms with Crippen molar-refractivity contribution in [1.29, 1.82) is 0 Å². The second-order valence-corrected chi connectivity index (χ2v) is 7.35. The molecule has 0 aliphatic heterocycles. The van der Waals surface area contributed by atoms with Gasteiger partial charge in [-0.1, -0.05) is 0 Å². The average Bonchev–Trinajstić information content (AvgIpc) is 2.60. The molecular weight excluding hydrogens is 384 g/mol. The van der Waals surface area contributed by atoms with E-state index >= 15 is 0 Å². The quantitative estimate of drug-likeness (QED) is 0.297. The highest BCUT2D eigenvalue weighted by Gasteiger charge is 2.22. The van der Waals surface area contributed by atoms with Crippen molar-refractivity contribution < 1.29 is 22.9 Å². The summed E-state index contributed by atoms with van der Waals surface area (Å²) in [5.41, 5.74) is 6.54. The molecule has 0 aliphatic rings. The summed E-state index contributed by atoms with van der Waals surface area (Å²) < 4.78 is 33.1. The summed E-state index contributed by atoms with van der Waals surface area (Å²) in [6.07, 6.45) is 0. The first-order valence-electron chi connectivity index (χ1n) is 7.97. The van der Waals surface area contributed by atoms with Gasteiger partial charge in [0.1, 0.15) is 10.6 Å². The fourth-order valence-electron chi connectivity index (χ4n) is 2.59. The molecule has 28 heavy (non-hydrogen) atoms. The molecule has 0 fully saturated rings. The lowest BCUT2D eigenvalue weighted by Gasteiger charge is -2.09. The van der Waals surface area contributed by atoms with Crippen molar-refractivity contribution >= 4 is 49.5 Å². The van der Waals surface area contributed by atoms with Gasteiger partial charge in [-0.2, -0.15) is 13.5 Å². The lowest BCUT2D eigenvalue weighted by atomic mass is 10.1. The molecule has 144 valence electrons. The zero-order valence-electron chi connectivity index (χ0n) is 14.6. The van der Waals surface area contributed by atoms with Crippen LogP contribution in [-0.2, 0) is 14.9 Å². The Morgan fingerprint density at radius 3 is 2.36 bits per heavy atom. The molecule has 3 aromatic rings. The molecule has 0 spiro atoms. The minimum Gasteiger partial charge on any atom is -0.505 e. The molecule has 0 aliphatic carbocycles. The first-order valence-corrected chi connectivity index (χ1v) is 9.41. The Balaban J connectivity index is 2.08. The molecule has 0 bridgehead atoms. The molecule has 0 radical (unpaired) electrons. The van der Waals surface area contributed by atoms with Gasteiger partial charge >= 0.3 is 0 Å². The zero-order chi connectivity index (χ0) is 20.5. The van der Waals surface area contributed by atoms with Crippen LogP contribution in [0.3, 0.4) is 0 Å². The summed E-state index contributed by atoms with van der Waals surface area (Å²) in [5, 5.41) is 21.4. The predicted octanol–water partition coefficient (Wildman–Crippen LogP) is 3.75. The van der Waals surface area contributed by atoms with Crippen LogP contribution in [0.15, 0.2) is 63.7 Å². The number of nitrogens with one attached hydrogen (secondary N) is 1. The number of fused-ring (bicyclic) bond motifs is 1. The van der Waals surface area contributed by atoms with E-state index in [1.807, 2.05) is 0 Å². The Labute approximate surface area is 160 Å². The van der Waals surface area contributed by atoms with E-state index in [0.717, 1.165) is 6.07 Å². The topological polar surface area (TPSA) is 154 Å². The number of hydrogen-bond donors (Lipinski definition) is 4. The maximum absolute atomic E-state index is 11.8. The van der Waals surface area contributed by atoms with Gasteiger partial charge in [0, 0.05) is 23.7 Å². The van der Waals surface area contributed by atoms with Crippen molar-refractivity contribution in [2.24, 2.45) is 10.2 Å². The normalized spacial score (nSPS) is 11.8. The third-order valence-electron chi connectivity index (χ3n) is 3.81. The number of nitrogens with two attached hydrogens (primary N) is 1. The number of carbonyl (C=O) groups is 1. The summed E-state index contributed by atoms with van der Waals surface area (Å²) in [4.78, 5) is 10.4. The van der Waals surface area contributed by atoms with E-state index in [-0.39, 0.29) is 5.91 Å². The van der Waals surface area contributed by atoms with E-state index in [9.17, 15) is 22.9 Å². The third-order valence-corrected chi connectivity index (χ3v) is 4.67. The molecule has 10 heteroatoms. The SMILES string of the molecule is CC(=O)Nc1ccc(N=Nc2c(S(=O)(=O)O)cc3cc(N)ccc3c2O)cc1. The Kier molecular flexibility index (Phi) is 4.99. The van der Waals surface area contributed by atoms with Gasteiger partial charge in [-0.15, -0.1) is 5.11 Å². The zero-order valence-corrected chi connectivity index (χ0v) is 15.4. The van der Waals surface area contributed by atoms with Gasteiger partial charge in [0.15, 0.2) is 5.75 Å². The van der Waals surface area contributed by atoms with E-state index in [2.05, 4.69) is 15.5 Å². The number of anilines is 2. The number of phenols is 1. The highest BCUT2D eigenvalue weighted by atomic mass is 32.2. The molecule has 9 nitrogen and oxygen atoms in total. The molecular formula is C18H16N4O5S. The Morgan fingerprint density at radius 1 is 1.07 bits per heavy atom. The monoisotopic (exact) mass is 400 g/mol. The number of phenolic OH excluding ortho intramolecular Hbond substituents is 1. The lowest BCUT2D eigenvalue weighted by molar-refractivity contribution is -0.114. The fourth-order valence-corrected chi connectivity index (χ4v) is 3.24. The fraction of sp³-hybridized carbons (Fsp3) is 0.0556. The molecule has 5 N–H and O–H groups in total. The van der Waals surface area contributed by atoms with E-state index in [1.54, 1.807) is 24.3 Å². The highest BCUT2D eigenvalue weighted by molar-refractivity contribution is 7.86. The van der Waals surface area contributed by atoms with Crippen molar-refractivity contribution in [1.82, 2.24) is 0 Å². The van der Waals surface area contributed by atoms with Crippen molar-refractivity contribution in [3.05, 3.63) is 48.5 Å². The van der Waals surface area contributed by atoms with E-state index in [1.165, 1.54) is 25.1 Å². The van der Waals surface area contributed by atoms with Crippen molar-refractivity contribution in [3.8, 4) is 5.75 Å². The number of aromatic hydroxyl groups is 1. The maximum atomic E-state index is 11.8. The van der Waals surface area contributed by atoms with Crippen molar-refractivity contribution in [2.45, 2.75) is 11.8 Å². The van der Waals surface area contributed by atoms with Crippen molar-refractivity contribution in [2.75, 3.05) is 11.1 Å². The Morgan fingerprint density at radius 2 is 1.75 bits per heavy atom. The molecule has 0 heterocycles. The van der Waals surface area contributed by atoms with Gasteiger partial charge in [0.25, 0.3) is 10.1 Å². The minimum atomic E-state index is -4.69. The van der Waals surface area contributed by atoms with Gasteiger partial charge < -0.3 is 16.2 Å². The van der Waals surface area contributed by atoms with Crippen LogP contribution in [0.25, 0.3) is 10.8 Å². The molecule has 0 saturated heterocycles. The van der Waals surface area contributed by atoms with Crippen LogP contribution < -0.4 is 11.1 Å². The first-order chi connectivity index (χ1) is 13.1. The van der Waals surface area contributed by atoms with Gasteiger partial charge in [0.05, 0.1) is 5.69 Å². The second-order valence-electron chi connectivity index (χ2n) is 5.96. The van der Waals surface area contributed by atoms with Crippen LogP contribution in [0.1, 0.15) is 6.92 Å². The van der Waals surface area contributed by atoms with E-state index < -0.39 is 26.5 Å². The van der Waals surface area contributed by atoms with Crippen LogP contribution >= 0.6 is 0 Å². The second kappa shape index (κ2) is 7.25. The average molecular weight is 400 g/mol. The van der Waals surface area contributed by atoms with Gasteiger partial charge in [-0.3, -0.25) is 9.35 Å².